The third-order valence-corrected chi connectivity index (χ3v) is 8.23. The van der Waals surface area contributed by atoms with Crippen molar-refractivity contribution in [3.63, 3.8) is 0 Å². The lowest BCUT2D eigenvalue weighted by molar-refractivity contribution is -0.870. The Morgan fingerprint density at radius 2 is 1.11 bits per heavy atom. The van der Waals surface area contributed by atoms with E-state index in [1.165, 1.54) is 38.5 Å². The number of hydrogen-bond donors (Lipinski definition) is 1. The summed E-state index contributed by atoms with van der Waals surface area (Å²) in [5.74, 6) is -2.20. The van der Waals surface area contributed by atoms with Gasteiger partial charge >= 0.3 is 17.9 Å². The van der Waals surface area contributed by atoms with Crippen LogP contribution in [0.3, 0.4) is 0 Å². The molecule has 0 rings (SSSR count). The molecule has 54 heavy (non-hydrogen) atoms. The number of hydrogen-bond acceptors (Lipinski definition) is 7. The molecular formula is C45H76NO8+. The lowest BCUT2D eigenvalue weighted by Gasteiger charge is -2.25. The maximum atomic E-state index is 12.7. The molecule has 308 valence electrons. The van der Waals surface area contributed by atoms with Gasteiger partial charge in [-0.05, 0) is 64.2 Å². The molecule has 0 bridgehead atoms. The van der Waals surface area contributed by atoms with Gasteiger partial charge in [0.05, 0.1) is 40.8 Å². The normalized spacial score (nSPS) is 13.7. The summed E-state index contributed by atoms with van der Waals surface area (Å²) >= 11 is 0. The van der Waals surface area contributed by atoms with Crippen molar-refractivity contribution in [2.75, 3.05) is 47.5 Å². The Kier molecular flexibility index (Phi) is 34.5. The van der Waals surface area contributed by atoms with Gasteiger partial charge in [-0.3, -0.25) is 9.59 Å². The molecule has 0 saturated carbocycles. The second-order valence-electron chi connectivity index (χ2n) is 14.6. The second kappa shape index (κ2) is 36.7. The van der Waals surface area contributed by atoms with E-state index in [9.17, 15) is 19.5 Å². The number of quaternary nitrogens is 1. The van der Waals surface area contributed by atoms with Crippen LogP contribution in [0.5, 0.6) is 0 Å². The van der Waals surface area contributed by atoms with E-state index in [-0.39, 0.29) is 38.6 Å². The number of carboxylic acids is 1. The van der Waals surface area contributed by atoms with Gasteiger partial charge in [0.25, 0.3) is 6.29 Å². The van der Waals surface area contributed by atoms with Crippen LogP contribution >= 0.6 is 0 Å². The van der Waals surface area contributed by atoms with Crippen molar-refractivity contribution in [1.82, 2.24) is 0 Å². The first-order chi connectivity index (χ1) is 26.1. The van der Waals surface area contributed by atoms with Crippen LogP contribution in [0.1, 0.15) is 136 Å². The molecule has 9 heteroatoms. The van der Waals surface area contributed by atoms with Crippen LogP contribution < -0.4 is 0 Å². The zero-order valence-corrected chi connectivity index (χ0v) is 34.6. The second-order valence-corrected chi connectivity index (χ2v) is 14.6. The van der Waals surface area contributed by atoms with Gasteiger partial charge in [-0.1, -0.05) is 132 Å². The number of unbranched alkanes of at least 4 members (excludes halogenated alkanes) is 10. The average Bonchev–Trinajstić information content (AvgIpc) is 3.12. The molecule has 2 atom stereocenters. The topological polar surface area (TPSA) is 108 Å². The zero-order valence-electron chi connectivity index (χ0n) is 34.6. The summed E-state index contributed by atoms with van der Waals surface area (Å²) in [4.78, 5) is 36.9. The van der Waals surface area contributed by atoms with Gasteiger partial charge in [0.2, 0.25) is 0 Å². The fraction of sp³-hybridized carbons (Fsp3) is 0.667. The van der Waals surface area contributed by atoms with Crippen molar-refractivity contribution in [3.8, 4) is 0 Å². The van der Waals surface area contributed by atoms with Gasteiger partial charge in [-0.2, -0.15) is 0 Å². The summed E-state index contributed by atoms with van der Waals surface area (Å²) in [5, 5.41) is 9.60. The Morgan fingerprint density at radius 1 is 0.593 bits per heavy atom. The minimum Gasteiger partial charge on any atom is -0.477 e. The van der Waals surface area contributed by atoms with Crippen molar-refractivity contribution >= 4 is 17.9 Å². The standard InChI is InChI=1S/C45H75NO8/c1-6-8-10-12-14-16-18-20-22-24-26-28-30-32-34-36-43(48)54-41(40-53-45(44(49)50)51-38-37-46(3,4)5)39-52-42(47)35-33-31-29-27-25-23-21-19-17-15-13-11-9-7-2/h8,10,14,16,19-22,26,28,32,34,41,45H,6-7,9,11-13,15,17-18,23-25,27,29-31,33,35-40H2,1-5H3/p+1/b10-8-,16-14-,21-19-,22-20-,28-26-,34-32-. The Hall–Kier alpha value is -3.27. The van der Waals surface area contributed by atoms with Gasteiger partial charge in [0, 0.05) is 6.42 Å². The third kappa shape index (κ3) is 37.1. The van der Waals surface area contributed by atoms with Crippen molar-refractivity contribution < 1.29 is 42.9 Å². The molecular weight excluding hydrogens is 682 g/mol. The van der Waals surface area contributed by atoms with Crippen LogP contribution in [0.15, 0.2) is 72.9 Å². The van der Waals surface area contributed by atoms with Gasteiger partial charge in [0.15, 0.2) is 6.10 Å². The molecule has 0 fully saturated rings. The molecule has 0 aliphatic carbocycles. The average molecular weight is 759 g/mol. The Morgan fingerprint density at radius 3 is 1.65 bits per heavy atom. The van der Waals surface area contributed by atoms with Crippen LogP contribution in [-0.2, 0) is 33.3 Å². The largest absolute Gasteiger partial charge is 0.477 e. The summed E-state index contributed by atoms with van der Waals surface area (Å²) < 4.78 is 22.5. The monoisotopic (exact) mass is 759 g/mol. The fourth-order valence-electron chi connectivity index (χ4n) is 5.02. The molecule has 0 radical (unpaired) electrons. The summed E-state index contributed by atoms with van der Waals surface area (Å²) in [6.07, 6.45) is 41.3. The molecule has 0 saturated heterocycles. The van der Waals surface area contributed by atoms with Gasteiger partial charge in [-0.25, -0.2) is 4.79 Å². The maximum Gasteiger partial charge on any atom is 0.361 e. The molecule has 1 N–H and O–H groups in total. The molecule has 2 unspecified atom stereocenters. The van der Waals surface area contributed by atoms with Crippen molar-refractivity contribution in [2.24, 2.45) is 0 Å². The number of carboxylic acid groups (broad SMARTS) is 1. The third-order valence-electron chi connectivity index (χ3n) is 8.23. The highest BCUT2D eigenvalue weighted by Gasteiger charge is 2.24. The molecule has 0 amide bonds. The highest BCUT2D eigenvalue weighted by Crippen LogP contribution is 2.11. The zero-order chi connectivity index (χ0) is 40.0. The number of carbonyl (C=O) groups is 3. The number of likely N-dealkylation sites (N-methyl/N-ethyl adjacent to an activating group) is 1. The van der Waals surface area contributed by atoms with E-state index >= 15 is 0 Å². The van der Waals surface area contributed by atoms with Crippen LogP contribution in [0.2, 0.25) is 0 Å². The predicted octanol–water partition coefficient (Wildman–Crippen LogP) is 10.4. The van der Waals surface area contributed by atoms with E-state index in [0.717, 1.165) is 64.2 Å². The Labute approximate surface area is 328 Å². The number of aliphatic carboxylic acids is 1. The smallest absolute Gasteiger partial charge is 0.361 e. The van der Waals surface area contributed by atoms with Gasteiger partial charge in [0.1, 0.15) is 13.2 Å². The molecule has 9 nitrogen and oxygen atoms in total. The van der Waals surface area contributed by atoms with Crippen LogP contribution in [0, 0.1) is 0 Å². The molecule has 0 aliphatic rings. The number of allylic oxidation sites excluding steroid dienone is 11. The van der Waals surface area contributed by atoms with E-state index in [4.69, 9.17) is 18.9 Å². The van der Waals surface area contributed by atoms with E-state index in [1.54, 1.807) is 6.08 Å². The van der Waals surface area contributed by atoms with E-state index in [1.807, 2.05) is 33.3 Å². The number of rotatable bonds is 36. The summed E-state index contributed by atoms with van der Waals surface area (Å²) in [6, 6.07) is 0. The molecule has 0 spiro atoms. The summed E-state index contributed by atoms with van der Waals surface area (Å²) in [6.45, 7) is 4.59. The first kappa shape index (κ1) is 50.7. The first-order valence-electron chi connectivity index (χ1n) is 20.6. The lowest BCUT2D eigenvalue weighted by Crippen LogP contribution is -2.40. The van der Waals surface area contributed by atoms with E-state index in [0.29, 0.717) is 17.4 Å². The Balaban J connectivity index is 4.67. The maximum absolute atomic E-state index is 12.7. The predicted molar refractivity (Wildman–Crippen MR) is 221 cm³/mol. The van der Waals surface area contributed by atoms with E-state index in [2.05, 4.69) is 68.5 Å². The number of carbonyl (C=O) groups excluding carboxylic acids is 2. The van der Waals surface area contributed by atoms with Gasteiger partial charge < -0.3 is 28.5 Å². The van der Waals surface area contributed by atoms with Crippen molar-refractivity contribution in [2.45, 2.75) is 148 Å². The van der Waals surface area contributed by atoms with Gasteiger partial charge in [-0.15, -0.1) is 0 Å². The highest BCUT2D eigenvalue weighted by molar-refractivity contribution is 5.72. The quantitative estimate of drug-likeness (QED) is 0.0221. The minimum atomic E-state index is -1.54. The highest BCUT2D eigenvalue weighted by atomic mass is 16.7. The molecule has 0 heterocycles. The Bertz CT molecular complexity index is 1120. The molecule has 0 aromatic heterocycles. The molecule has 0 aromatic carbocycles. The minimum absolute atomic E-state index is 0.0230. The fourth-order valence-corrected chi connectivity index (χ4v) is 5.02. The number of esters is 2. The van der Waals surface area contributed by atoms with Crippen LogP contribution in [0.25, 0.3) is 0 Å². The molecule has 0 aromatic rings. The van der Waals surface area contributed by atoms with E-state index < -0.39 is 24.3 Å². The van der Waals surface area contributed by atoms with Crippen LogP contribution in [0.4, 0.5) is 0 Å². The molecule has 0 aliphatic heterocycles. The number of nitrogens with zero attached hydrogens (tertiary/aromatic N) is 1. The van der Waals surface area contributed by atoms with Crippen LogP contribution in [-0.4, -0.2) is 87.4 Å². The lowest BCUT2D eigenvalue weighted by atomic mass is 10.1. The number of ether oxygens (including phenoxy) is 4. The SMILES string of the molecule is CC/C=C\C/C=C\C/C=C\C/C=C\C/C=C\CC(=O)OC(COC(=O)CCCCCCC/C=C\CCCCCCC)COC(OCC[N+](C)(C)C)C(=O)O. The van der Waals surface area contributed by atoms with Crippen molar-refractivity contribution in [1.29, 1.82) is 0 Å². The van der Waals surface area contributed by atoms with Crippen molar-refractivity contribution in [3.05, 3.63) is 72.9 Å². The summed E-state index contributed by atoms with van der Waals surface area (Å²) in [7, 11) is 5.91. The summed E-state index contributed by atoms with van der Waals surface area (Å²) in [5.41, 5.74) is 0. The first-order valence-corrected chi connectivity index (χ1v) is 20.6.